The molecule has 0 bridgehead atoms. The Labute approximate surface area is 189 Å². The number of carbonyl (C=O) groups excluding carboxylic acids is 5. The molecule has 0 aromatic heterocycles. The van der Waals surface area contributed by atoms with Crippen LogP contribution in [0.1, 0.15) is 26.7 Å². The number of isocyanates is 1. The zero-order valence-corrected chi connectivity index (χ0v) is 20.5. The second kappa shape index (κ2) is 45.7. The molecule has 0 aromatic rings. The number of nitrogens with zero attached hydrogens (tertiary/aromatic N) is 2. The first-order valence-corrected chi connectivity index (χ1v) is 8.74. The fraction of sp³-hybridized carbons (Fsp3) is 0.667. The molecule has 0 radical (unpaired) electrons. The number of alkyl carbamates (subject to hydrolysis) is 2. The summed E-state index contributed by atoms with van der Waals surface area (Å²) in [5.41, 5.74) is 0. The van der Waals surface area contributed by atoms with Crippen LogP contribution in [0.3, 0.4) is 0 Å². The molecule has 188 valence electrons. The Morgan fingerprint density at radius 1 is 0.812 bits per heavy atom. The van der Waals surface area contributed by atoms with E-state index in [1.807, 2.05) is 6.92 Å². The van der Waals surface area contributed by atoms with Gasteiger partial charge < -0.3 is 34.9 Å². The number of amides is 3. The second-order valence-corrected chi connectivity index (χ2v) is 4.05. The molecule has 0 aliphatic rings. The van der Waals surface area contributed by atoms with Crippen molar-refractivity contribution >= 4 is 30.1 Å². The van der Waals surface area contributed by atoms with Gasteiger partial charge in [0.2, 0.25) is 12.0 Å². The monoisotopic (exact) mass is 467 g/mol. The quantitative estimate of drug-likeness (QED) is 0.171. The maximum atomic E-state index is 10.1. The molecule has 0 aliphatic carbocycles. The van der Waals surface area contributed by atoms with Gasteiger partial charge in [-0.1, -0.05) is 13.8 Å². The van der Waals surface area contributed by atoms with Gasteiger partial charge in [0.25, 0.3) is 6.26 Å². The number of nitriles is 1. The summed E-state index contributed by atoms with van der Waals surface area (Å²) in [6, 6.07) is 0. The molecule has 3 N–H and O–H groups in total. The highest BCUT2D eigenvalue weighted by molar-refractivity contribution is 5.75. The van der Waals surface area contributed by atoms with Crippen molar-refractivity contribution in [3.05, 3.63) is 0 Å². The van der Waals surface area contributed by atoms with E-state index in [0.717, 1.165) is 0 Å². The predicted molar refractivity (Wildman–Crippen MR) is 116 cm³/mol. The maximum Gasteiger partial charge on any atom is 0.406 e. The molecule has 0 aliphatic heterocycles. The largest absolute Gasteiger partial charge is 0.469 e. The van der Waals surface area contributed by atoms with E-state index in [1.54, 1.807) is 14.0 Å². The molecule has 32 heavy (non-hydrogen) atoms. The van der Waals surface area contributed by atoms with E-state index in [4.69, 9.17) is 10.1 Å². The second-order valence-electron chi connectivity index (χ2n) is 4.05. The van der Waals surface area contributed by atoms with Crippen LogP contribution in [0.2, 0.25) is 0 Å². The highest BCUT2D eigenvalue weighted by atomic mass is 16.5. The van der Waals surface area contributed by atoms with Crippen LogP contribution in [0, 0.1) is 11.5 Å². The van der Waals surface area contributed by atoms with Crippen LogP contribution in [-0.4, -0.2) is 86.8 Å². The number of aliphatic imine (C=N–C) groups is 1. The predicted octanol–water partition coefficient (Wildman–Crippen LogP) is 0.722. The van der Waals surface area contributed by atoms with Crippen molar-refractivity contribution in [2.45, 2.75) is 26.7 Å². The molecule has 0 aromatic carbocycles. The molecular weight excluding hydrogens is 430 g/mol. The summed E-state index contributed by atoms with van der Waals surface area (Å²) in [5, 5.41) is 14.4. The summed E-state index contributed by atoms with van der Waals surface area (Å²) < 4.78 is 16.4. The van der Waals surface area contributed by atoms with Crippen LogP contribution in [0.5, 0.6) is 0 Å². The van der Waals surface area contributed by atoms with E-state index in [1.165, 1.54) is 61.9 Å². The fourth-order valence-electron chi connectivity index (χ4n) is 0.525. The average molecular weight is 468 g/mol. The van der Waals surface area contributed by atoms with Gasteiger partial charge in [0, 0.05) is 41.0 Å². The smallest absolute Gasteiger partial charge is 0.406 e. The van der Waals surface area contributed by atoms with E-state index in [-0.39, 0.29) is 11.9 Å². The van der Waals surface area contributed by atoms with E-state index < -0.39 is 12.2 Å². The molecule has 0 rings (SSSR count). The van der Waals surface area contributed by atoms with Gasteiger partial charge in [0.15, 0.2) is 0 Å². The van der Waals surface area contributed by atoms with Crippen molar-refractivity contribution < 1.29 is 42.9 Å². The third-order valence-electron chi connectivity index (χ3n) is 2.08. The molecule has 0 spiro atoms. The lowest BCUT2D eigenvalue weighted by Crippen LogP contribution is -2.16. The molecule has 3 amide bonds. The Kier molecular flexibility index (Phi) is 60.4. The Balaban J connectivity index is -0.0000000639. The lowest BCUT2D eigenvalue weighted by molar-refractivity contribution is -0.140. The standard InChI is InChI=1S/C4H9NO.C4H8O2.2C3H7NO2.2C2H3NO/c1-3-4(6)5-2;1-3-4(5)6-2;2*1-4-3(5)6-2;1-4-2-3;1-3-2-4/h3H2,1-2H3,(H,5,6);3H2,1-2H3;2*1-2H3,(H,4,5);2*1H3. The zero-order chi connectivity index (χ0) is 26.8. The first-order valence-electron chi connectivity index (χ1n) is 8.74. The van der Waals surface area contributed by atoms with Gasteiger partial charge in [-0.25, -0.2) is 19.4 Å². The van der Waals surface area contributed by atoms with Gasteiger partial charge in [0.05, 0.1) is 28.4 Å². The normalized spacial score (nSPS) is 6.53. The number of rotatable bonds is 2. The van der Waals surface area contributed by atoms with Gasteiger partial charge in [-0.15, -0.1) is 0 Å². The van der Waals surface area contributed by atoms with Crippen molar-refractivity contribution in [1.29, 1.82) is 5.26 Å². The van der Waals surface area contributed by atoms with Crippen molar-refractivity contribution in [1.82, 2.24) is 16.0 Å². The summed E-state index contributed by atoms with van der Waals surface area (Å²) in [7, 11) is 11.4. The topological polar surface area (TPSA) is 195 Å². The molecule has 14 heteroatoms. The molecule has 0 unspecified atom stereocenters. The van der Waals surface area contributed by atoms with Gasteiger partial charge in [-0.05, 0) is 0 Å². The summed E-state index contributed by atoms with van der Waals surface area (Å²) in [4.78, 5) is 51.5. The molecule has 0 heterocycles. The van der Waals surface area contributed by atoms with E-state index in [2.05, 4.69) is 39.9 Å². The number of methoxy groups -OCH3 is 4. The van der Waals surface area contributed by atoms with E-state index in [9.17, 15) is 19.2 Å². The van der Waals surface area contributed by atoms with E-state index >= 15 is 0 Å². The van der Waals surface area contributed by atoms with Crippen LogP contribution < -0.4 is 16.0 Å². The molecule has 0 saturated carbocycles. The van der Waals surface area contributed by atoms with Crippen molar-refractivity contribution in [3.8, 4) is 6.26 Å². The lowest BCUT2D eigenvalue weighted by atomic mass is 10.5. The minimum absolute atomic E-state index is 0.0926. The number of esters is 1. The van der Waals surface area contributed by atoms with Gasteiger partial charge >= 0.3 is 18.2 Å². The Morgan fingerprint density at radius 2 is 1.16 bits per heavy atom. The maximum absolute atomic E-state index is 10.1. The van der Waals surface area contributed by atoms with Gasteiger partial charge in [-0.3, -0.25) is 9.59 Å². The molecule has 0 atom stereocenters. The number of nitrogens with one attached hydrogen (secondary N) is 3. The summed E-state index contributed by atoms with van der Waals surface area (Å²) >= 11 is 0. The first kappa shape index (κ1) is 42.3. The minimum atomic E-state index is -0.407. The lowest BCUT2D eigenvalue weighted by Gasteiger charge is -1.90. The highest BCUT2D eigenvalue weighted by Crippen LogP contribution is 1.76. The fourth-order valence-corrected chi connectivity index (χ4v) is 0.525. The van der Waals surface area contributed by atoms with Crippen LogP contribution in [0.15, 0.2) is 4.99 Å². The SMILES string of the molecule is CCC(=O)NC.CCC(=O)OC.CN=C=O.CNC(=O)OC.CNC(=O)OC.COC#N. The molecule has 0 saturated heterocycles. The third-order valence-corrected chi connectivity index (χ3v) is 2.08. The van der Waals surface area contributed by atoms with Crippen molar-refractivity contribution in [2.24, 2.45) is 4.99 Å². The molecule has 0 fully saturated rings. The number of carbonyl (C=O) groups is 4. The average Bonchev–Trinajstić information content (AvgIpc) is 2.87. The van der Waals surface area contributed by atoms with Crippen LogP contribution in [0.4, 0.5) is 9.59 Å². The number of hydrogen-bond donors (Lipinski definition) is 3. The van der Waals surface area contributed by atoms with Gasteiger partial charge in [-0.2, -0.15) is 5.26 Å². The van der Waals surface area contributed by atoms with Crippen molar-refractivity contribution in [2.75, 3.05) is 56.6 Å². The summed E-state index contributed by atoms with van der Waals surface area (Å²) in [6.45, 7) is 3.57. The van der Waals surface area contributed by atoms with E-state index in [0.29, 0.717) is 12.8 Å². The number of hydrogen-bond acceptors (Lipinski definition) is 11. The minimum Gasteiger partial charge on any atom is -0.469 e. The molecular formula is C18H37N5O9. The van der Waals surface area contributed by atoms with Gasteiger partial charge in [0.1, 0.15) is 0 Å². The highest BCUT2D eigenvalue weighted by Gasteiger charge is 1.87. The van der Waals surface area contributed by atoms with Crippen LogP contribution in [-0.2, 0) is 33.3 Å². The third kappa shape index (κ3) is 82.6. The number of ether oxygens (including phenoxy) is 4. The Hall–Kier alpha value is -3.85. The Bertz CT molecular complexity index is 443. The Morgan fingerprint density at radius 3 is 1.16 bits per heavy atom. The van der Waals surface area contributed by atoms with Crippen molar-refractivity contribution in [3.63, 3.8) is 0 Å². The molecule has 14 nitrogen and oxygen atoms in total. The summed E-state index contributed by atoms with van der Waals surface area (Å²) in [5.74, 6) is -0.0648. The zero-order valence-electron chi connectivity index (χ0n) is 20.5. The summed E-state index contributed by atoms with van der Waals surface area (Å²) in [6.07, 6.45) is 2.97. The van der Waals surface area contributed by atoms with Crippen LogP contribution >= 0.6 is 0 Å². The van der Waals surface area contributed by atoms with Crippen LogP contribution in [0.25, 0.3) is 0 Å². The first-order chi connectivity index (χ1) is 15.1.